The zero-order valence-electron chi connectivity index (χ0n) is 12.0. The van der Waals surface area contributed by atoms with Crippen molar-refractivity contribution in [3.63, 3.8) is 0 Å². The fourth-order valence-corrected chi connectivity index (χ4v) is 2.55. The van der Waals surface area contributed by atoms with Gasteiger partial charge in [0.1, 0.15) is 0 Å². The first-order valence-electron chi connectivity index (χ1n) is 6.89. The quantitative estimate of drug-likeness (QED) is 0.892. The number of rotatable bonds is 3. The molecule has 4 nitrogen and oxygen atoms in total. The molecule has 1 aromatic rings. The van der Waals surface area contributed by atoms with Crippen LogP contribution < -0.4 is 10.6 Å². The summed E-state index contributed by atoms with van der Waals surface area (Å²) in [4.78, 5) is 14.0. The predicted octanol–water partition coefficient (Wildman–Crippen LogP) is 2.59. The van der Waals surface area contributed by atoms with Crippen LogP contribution >= 0.6 is 11.6 Å². The number of amides is 1. The van der Waals surface area contributed by atoms with E-state index in [9.17, 15) is 18.0 Å². The van der Waals surface area contributed by atoms with Gasteiger partial charge in [-0.1, -0.05) is 11.6 Å². The lowest BCUT2D eigenvalue weighted by Crippen LogP contribution is -2.51. The number of anilines is 1. The molecule has 122 valence electrons. The molecule has 0 aromatic heterocycles. The summed E-state index contributed by atoms with van der Waals surface area (Å²) in [6.07, 6.45) is -4.55. The van der Waals surface area contributed by atoms with E-state index in [0.29, 0.717) is 0 Å². The summed E-state index contributed by atoms with van der Waals surface area (Å²) in [7, 11) is 0. The number of hydrogen-bond donors (Lipinski definition) is 2. The van der Waals surface area contributed by atoms with Crippen molar-refractivity contribution in [1.82, 2.24) is 10.2 Å². The molecule has 2 N–H and O–H groups in total. The molecular formula is C14H17ClF3N3O. The normalized spacial score (nSPS) is 20.0. The Morgan fingerprint density at radius 3 is 2.86 bits per heavy atom. The van der Waals surface area contributed by atoms with Crippen molar-refractivity contribution in [1.29, 1.82) is 0 Å². The van der Waals surface area contributed by atoms with Gasteiger partial charge < -0.3 is 10.6 Å². The zero-order chi connectivity index (χ0) is 16.3. The molecule has 1 aromatic carbocycles. The maximum atomic E-state index is 12.8. The third kappa shape index (κ3) is 4.34. The highest BCUT2D eigenvalue weighted by Gasteiger charge is 2.33. The van der Waals surface area contributed by atoms with Crippen LogP contribution in [0.4, 0.5) is 18.9 Å². The van der Waals surface area contributed by atoms with Crippen LogP contribution in [0, 0.1) is 0 Å². The van der Waals surface area contributed by atoms with E-state index in [1.807, 2.05) is 11.8 Å². The molecule has 22 heavy (non-hydrogen) atoms. The van der Waals surface area contributed by atoms with Crippen molar-refractivity contribution < 1.29 is 18.0 Å². The minimum absolute atomic E-state index is 0.0875. The maximum Gasteiger partial charge on any atom is 0.417 e. The fourth-order valence-electron chi connectivity index (χ4n) is 2.32. The molecule has 1 heterocycles. The Bertz CT molecular complexity index is 551. The Morgan fingerprint density at radius 1 is 1.50 bits per heavy atom. The van der Waals surface area contributed by atoms with Crippen LogP contribution in [0.5, 0.6) is 0 Å². The molecule has 0 unspecified atom stereocenters. The lowest BCUT2D eigenvalue weighted by molar-refractivity contribution is -0.137. The second-order valence-electron chi connectivity index (χ2n) is 5.26. The third-order valence-corrected chi connectivity index (χ3v) is 3.87. The molecule has 0 saturated carbocycles. The van der Waals surface area contributed by atoms with E-state index in [0.717, 1.165) is 31.8 Å². The molecule has 1 aliphatic heterocycles. The smallest absolute Gasteiger partial charge is 0.325 e. The summed E-state index contributed by atoms with van der Waals surface area (Å²) in [6.45, 7) is 4.43. The van der Waals surface area contributed by atoms with Gasteiger partial charge in [0.2, 0.25) is 5.91 Å². The number of hydrogen-bond acceptors (Lipinski definition) is 3. The highest BCUT2D eigenvalue weighted by molar-refractivity contribution is 6.31. The molecule has 1 amide bonds. The number of carbonyl (C=O) groups excluding carboxylic acids is 1. The van der Waals surface area contributed by atoms with Gasteiger partial charge in [-0.2, -0.15) is 13.2 Å². The Labute approximate surface area is 131 Å². The van der Waals surface area contributed by atoms with Crippen molar-refractivity contribution >= 4 is 23.2 Å². The maximum absolute atomic E-state index is 12.8. The summed E-state index contributed by atoms with van der Waals surface area (Å²) in [5.74, 6) is -0.343. The highest BCUT2D eigenvalue weighted by Crippen LogP contribution is 2.36. The third-order valence-electron chi connectivity index (χ3n) is 3.54. The Morgan fingerprint density at radius 2 is 2.23 bits per heavy atom. The standard InChI is InChI=1S/C14H17ClF3N3O/c1-9-7-19-4-5-21(9)8-13(22)20-10-2-3-12(15)11(6-10)14(16,17)18/h2-3,6,9,19H,4-5,7-8H2,1H3,(H,20,22)/t9-/m1/s1. The Hall–Kier alpha value is -1.31. The van der Waals surface area contributed by atoms with Gasteiger partial charge in [-0.25, -0.2) is 0 Å². The molecule has 0 aliphatic carbocycles. The summed E-state index contributed by atoms with van der Waals surface area (Å²) in [5, 5.41) is 5.31. The lowest BCUT2D eigenvalue weighted by atomic mass is 10.2. The minimum Gasteiger partial charge on any atom is -0.325 e. The van der Waals surface area contributed by atoms with E-state index in [1.54, 1.807) is 0 Å². The molecule has 1 fully saturated rings. The summed E-state index contributed by atoms with van der Waals surface area (Å²) in [5.41, 5.74) is -0.869. The van der Waals surface area contributed by atoms with Gasteiger partial charge in [-0.15, -0.1) is 0 Å². The van der Waals surface area contributed by atoms with Gasteiger partial charge in [-0.3, -0.25) is 9.69 Å². The molecule has 0 spiro atoms. The number of benzene rings is 1. The van der Waals surface area contributed by atoms with Gasteiger partial charge in [-0.05, 0) is 25.1 Å². The first-order chi connectivity index (χ1) is 10.3. The number of nitrogens with one attached hydrogen (secondary N) is 2. The zero-order valence-corrected chi connectivity index (χ0v) is 12.8. The van der Waals surface area contributed by atoms with Crippen LogP contribution in [0.15, 0.2) is 18.2 Å². The fraction of sp³-hybridized carbons (Fsp3) is 0.500. The number of halogens is 4. The topological polar surface area (TPSA) is 44.4 Å². The second kappa shape index (κ2) is 6.85. The van der Waals surface area contributed by atoms with Gasteiger partial charge in [0.25, 0.3) is 0 Å². The van der Waals surface area contributed by atoms with Crippen molar-refractivity contribution in [2.45, 2.75) is 19.1 Å². The average Bonchev–Trinajstić information content (AvgIpc) is 2.42. The summed E-state index contributed by atoms with van der Waals surface area (Å²) < 4.78 is 38.3. The van der Waals surface area contributed by atoms with E-state index >= 15 is 0 Å². The molecule has 2 rings (SSSR count). The molecular weight excluding hydrogens is 319 g/mol. The second-order valence-corrected chi connectivity index (χ2v) is 5.67. The molecule has 8 heteroatoms. The Balaban J connectivity index is 2.02. The molecule has 0 radical (unpaired) electrons. The number of piperazine rings is 1. The first kappa shape index (κ1) is 17.1. The van der Waals surface area contributed by atoms with Gasteiger partial charge >= 0.3 is 6.18 Å². The summed E-state index contributed by atoms with van der Waals surface area (Å²) in [6, 6.07) is 3.54. The number of carbonyl (C=O) groups is 1. The van der Waals surface area contributed by atoms with Crippen LogP contribution in [0.2, 0.25) is 5.02 Å². The number of alkyl halides is 3. The SMILES string of the molecule is C[C@@H]1CNCCN1CC(=O)Nc1ccc(Cl)c(C(F)(F)F)c1. The highest BCUT2D eigenvalue weighted by atomic mass is 35.5. The molecule has 1 atom stereocenters. The van der Waals surface area contributed by atoms with Gasteiger partial charge in [0, 0.05) is 31.4 Å². The summed E-state index contributed by atoms with van der Waals surface area (Å²) >= 11 is 5.54. The van der Waals surface area contributed by atoms with Gasteiger partial charge in [0.15, 0.2) is 0 Å². The molecule has 1 saturated heterocycles. The van der Waals surface area contributed by atoms with Crippen LogP contribution in [-0.4, -0.2) is 43.0 Å². The van der Waals surface area contributed by atoms with E-state index in [-0.39, 0.29) is 29.2 Å². The minimum atomic E-state index is -4.55. The van der Waals surface area contributed by atoms with E-state index in [4.69, 9.17) is 11.6 Å². The molecule has 1 aliphatic rings. The van der Waals surface area contributed by atoms with Crippen LogP contribution in [0.1, 0.15) is 12.5 Å². The molecule has 0 bridgehead atoms. The van der Waals surface area contributed by atoms with Crippen molar-refractivity contribution in [3.8, 4) is 0 Å². The van der Waals surface area contributed by atoms with Crippen LogP contribution in [0.3, 0.4) is 0 Å². The largest absolute Gasteiger partial charge is 0.417 e. The van der Waals surface area contributed by atoms with E-state index in [2.05, 4.69) is 10.6 Å². The van der Waals surface area contributed by atoms with Crippen molar-refractivity contribution in [3.05, 3.63) is 28.8 Å². The van der Waals surface area contributed by atoms with Crippen molar-refractivity contribution in [2.75, 3.05) is 31.5 Å². The predicted molar refractivity (Wildman–Crippen MR) is 79.0 cm³/mol. The number of nitrogens with zero attached hydrogens (tertiary/aromatic N) is 1. The van der Waals surface area contributed by atoms with E-state index in [1.165, 1.54) is 6.07 Å². The lowest BCUT2D eigenvalue weighted by Gasteiger charge is -2.33. The van der Waals surface area contributed by atoms with Crippen molar-refractivity contribution in [2.24, 2.45) is 0 Å². The van der Waals surface area contributed by atoms with Crippen LogP contribution in [0.25, 0.3) is 0 Å². The Kier molecular flexibility index (Phi) is 5.31. The monoisotopic (exact) mass is 335 g/mol. The van der Waals surface area contributed by atoms with Crippen LogP contribution in [-0.2, 0) is 11.0 Å². The van der Waals surface area contributed by atoms with Gasteiger partial charge in [0.05, 0.1) is 17.1 Å². The average molecular weight is 336 g/mol. The first-order valence-corrected chi connectivity index (χ1v) is 7.26. The van der Waals surface area contributed by atoms with E-state index < -0.39 is 11.7 Å².